The Morgan fingerprint density at radius 3 is 2.64 bits per heavy atom. The molecule has 0 saturated carbocycles. The molecule has 0 bridgehead atoms. The number of nitrogens with one attached hydrogen (secondary N) is 1. The van der Waals surface area contributed by atoms with Crippen molar-refractivity contribution in [2.75, 3.05) is 13.6 Å². The molecule has 1 aromatic heterocycles. The van der Waals surface area contributed by atoms with E-state index in [1.807, 2.05) is 24.4 Å². The summed E-state index contributed by atoms with van der Waals surface area (Å²) >= 11 is 0. The predicted molar refractivity (Wildman–Crippen MR) is 85.4 cm³/mol. The zero-order chi connectivity index (χ0) is 15.5. The Hall–Kier alpha value is -2.62. The van der Waals surface area contributed by atoms with Gasteiger partial charge in [-0.1, -0.05) is 18.2 Å². The molecule has 1 amide bonds. The first-order valence-electron chi connectivity index (χ1n) is 7.21. The summed E-state index contributed by atoms with van der Waals surface area (Å²) in [7, 11) is 1.76. The summed E-state index contributed by atoms with van der Waals surface area (Å²) in [6, 6.07) is 13.7. The molecule has 3 aromatic rings. The molecule has 0 saturated heterocycles. The number of fused-ring (bicyclic) bond motifs is 1. The Balaban J connectivity index is 1.68. The first-order chi connectivity index (χ1) is 10.6. The molecule has 0 spiro atoms. The number of aromatic amines is 1. The molecule has 22 heavy (non-hydrogen) atoms. The minimum absolute atomic E-state index is 0.0974. The lowest BCUT2D eigenvalue weighted by Crippen LogP contribution is -2.28. The Labute approximate surface area is 128 Å². The maximum absolute atomic E-state index is 12.9. The maximum atomic E-state index is 12.9. The van der Waals surface area contributed by atoms with Crippen molar-refractivity contribution in [3.8, 4) is 0 Å². The smallest absolute Gasteiger partial charge is 0.253 e. The van der Waals surface area contributed by atoms with E-state index >= 15 is 0 Å². The monoisotopic (exact) mass is 296 g/mol. The highest BCUT2D eigenvalue weighted by Crippen LogP contribution is 2.18. The molecule has 0 radical (unpaired) electrons. The Kier molecular flexibility index (Phi) is 3.92. The van der Waals surface area contributed by atoms with Crippen LogP contribution in [0.2, 0.25) is 0 Å². The van der Waals surface area contributed by atoms with E-state index in [1.54, 1.807) is 11.9 Å². The molecule has 0 fully saturated rings. The number of carbonyl (C=O) groups is 1. The van der Waals surface area contributed by atoms with Gasteiger partial charge in [0.2, 0.25) is 0 Å². The van der Waals surface area contributed by atoms with E-state index in [4.69, 9.17) is 0 Å². The number of hydrogen-bond donors (Lipinski definition) is 1. The van der Waals surface area contributed by atoms with Gasteiger partial charge in [0.15, 0.2) is 0 Å². The van der Waals surface area contributed by atoms with Crippen LogP contribution in [0.4, 0.5) is 4.39 Å². The normalized spacial score (nSPS) is 10.8. The molecule has 1 N–H and O–H groups in total. The molecule has 3 rings (SSSR count). The quantitative estimate of drug-likeness (QED) is 0.784. The topological polar surface area (TPSA) is 36.1 Å². The van der Waals surface area contributed by atoms with Gasteiger partial charge in [-0.3, -0.25) is 4.79 Å². The second-order valence-electron chi connectivity index (χ2n) is 5.34. The summed E-state index contributed by atoms with van der Waals surface area (Å²) in [5.74, 6) is -0.433. The Morgan fingerprint density at radius 2 is 1.86 bits per heavy atom. The standard InChI is InChI=1S/C18H17FN2O/c1-21(18(22)13-6-8-15(19)9-7-13)11-10-14-12-20-17-5-3-2-4-16(14)17/h2-9,12,20H,10-11H2,1H3. The molecule has 0 aliphatic heterocycles. The van der Waals surface area contributed by atoms with E-state index in [0.717, 1.165) is 11.9 Å². The third-order valence-electron chi connectivity index (χ3n) is 3.83. The SMILES string of the molecule is CN(CCc1c[nH]c2ccccc12)C(=O)c1ccc(F)cc1. The molecule has 0 aliphatic rings. The average Bonchev–Trinajstić information content (AvgIpc) is 2.96. The van der Waals surface area contributed by atoms with Crippen molar-refractivity contribution in [3.05, 3.63) is 71.7 Å². The number of rotatable bonds is 4. The molecule has 0 aliphatic carbocycles. The van der Waals surface area contributed by atoms with E-state index in [0.29, 0.717) is 12.1 Å². The van der Waals surface area contributed by atoms with Gasteiger partial charge in [0.1, 0.15) is 5.82 Å². The number of carbonyl (C=O) groups excluding carboxylic acids is 1. The first-order valence-corrected chi connectivity index (χ1v) is 7.21. The largest absolute Gasteiger partial charge is 0.361 e. The number of aromatic nitrogens is 1. The third-order valence-corrected chi connectivity index (χ3v) is 3.83. The number of nitrogens with zero attached hydrogens (tertiary/aromatic N) is 1. The van der Waals surface area contributed by atoms with Crippen molar-refractivity contribution in [2.45, 2.75) is 6.42 Å². The molecular formula is C18H17FN2O. The zero-order valence-electron chi connectivity index (χ0n) is 12.3. The van der Waals surface area contributed by atoms with Gasteiger partial charge in [0.05, 0.1) is 0 Å². The van der Waals surface area contributed by atoms with Crippen LogP contribution in [0.5, 0.6) is 0 Å². The Morgan fingerprint density at radius 1 is 1.14 bits per heavy atom. The van der Waals surface area contributed by atoms with Crippen LogP contribution in [-0.4, -0.2) is 29.4 Å². The van der Waals surface area contributed by atoms with Crippen molar-refractivity contribution < 1.29 is 9.18 Å². The first kappa shape index (κ1) is 14.3. The van der Waals surface area contributed by atoms with Crippen molar-refractivity contribution >= 4 is 16.8 Å². The second kappa shape index (κ2) is 6.02. The van der Waals surface area contributed by atoms with E-state index in [9.17, 15) is 9.18 Å². The van der Waals surface area contributed by atoms with Gasteiger partial charge in [-0.05, 0) is 42.3 Å². The predicted octanol–water partition coefficient (Wildman–Crippen LogP) is 3.62. The van der Waals surface area contributed by atoms with E-state index in [2.05, 4.69) is 11.1 Å². The molecular weight excluding hydrogens is 279 g/mol. The van der Waals surface area contributed by atoms with Gasteiger partial charge in [0, 0.05) is 36.3 Å². The third kappa shape index (κ3) is 2.86. The molecule has 0 atom stereocenters. The Bertz CT molecular complexity index is 792. The summed E-state index contributed by atoms with van der Waals surface area (Å²) in [6.45, 7) is 0.609. The van der Waals surface area contributed by atoms with Gasteiger partial charge in [-0.25, -0.2) is 4.39 Å². The lowest BCUT2D eigenvalue weighted by molar-refractivity contribution is 0.0796. The van der Waals surface area contributed by atoms with Crippen LogP contribution in [-0.2, 0) is 6.42 Å². The number of para-hydroxylation sites is 1. The van der Waals surface area contributed by atoms with E-state index in [-0.39, 0.29) is 11.7 Å². The number of benzene rings is 2. The number of halogens is 1. The minimum Gasteiger partial charge on any atom is -0.361 e. The van der Waals surface area contributed by atoms with E-state index < -0.39 is 0 Å². The summed E-state index contributed by atoms with van der Waals surface area (Å²) in [6.07, 6.45) is 2.76. The van der Waals surface area contributed by atoms with Gasteiger partial charge in [-0.2, -0.15) is 0 Å². The van der Waals surface area contributed by atoms with Gasteiger partial charge < -0.3 is 9.88 Å². The summed E-state index contributed by atoms with van der Waals surface area (Å²) in [5.41, 5.74) is 2.79. The fourth-order valence-electron chi connectivity index (χ4n) is 2.54. The van der Waals surface area contributed by atoms with Gasteiger partial charge in [0.25, 0.3) is 5.91 Å². The van der Waals surface area contributed by atoms with Gasteiger partial charge in [-0.15, -0.1) is 0 Å². The molecule has 1 heterocycles. The summed E-state index contributed by atoms with van der Waals surface area (Å²) in [4.78, 5) is 17.2. The molecule has 4 heteroatoms. The van der Waals surface area contributed by atoms with Crippen molar-refractivity contribution in [2.24, 2.45) is 0 Å². The van der Waals surface area contributed by atoms with Crippen LogP contribution in [0, 0.1) is 5.82 Å². The van der Waals surface area contributed by atoms with Crippen LogP contribution >= 0.6 is 0 Å². The second-order valence-corrected chi connectivity index (χ2v) is 5.34. The summed E-state index contributed by atoms with van der Waals surface area (Å²) in [5, 5.41) is 1.19. The van der Waals surface area contributed by atoms with Crippen LogP contribution < -0.4 is 0 Å². The number of amides is 1. The highest BCUT2D eigenvalue weighted by molar-refractivity contribution is 5.94. The van der Waals surface area contributed by atoms with Crippen LogP contribution in [0.15, 0.2) is 54.7 Å². The number of hydrogen-bond acceptors (Lipinski definition) is 1. The summed E-state index contributed by atoms with van der Waals surface area (Å²) < 4.78 is 12.9. The van der Waals surface area contributed by atoms with Crippen molar-refractivity contribution in [1.29, 1.82) is 0 Å². The fraction of sp³-hybridized carbons (Fsp3) is 0.167. The minimum atomic E-state index is -0.335. The molecule has 0 unspecified atom stereocenters. The fourth-order valence-corrected chi connectivity index (χ4v) is 2.54. The van der Waals surface area contributed by atoms with Crippen LogP contribution in [0.1, 0.15) is 15.9 Å². The highest BCUT2D eigenvalue weighted by Gasteiger charge is 2.12. The van der Waals surface area contributed by atoms with Crippen molar-refractivity contribution in [3.63, 3.8) is 0 Å². The van der Waals surface area contributed by atoms with E-state index in [1.165, 1.54) is 35.2 Å². The van der Waals surface area contributed by atoms with Gasteiger partial charge >= 0.3 is 0 Å². The number of H-pyrrole nitrogens is 1. The number of likely N-dealkylation sites (N-methyl/N-ethyl adjacent to an activating group) is 1. The average molecular weight is 296 g/mol. The lowest BCUT2D eigenvalue weighted by Gasteiger charge is -2.17. The van der Waals surface area contributed by atoms with Crippen LogP contribution in [0.3, 0.4) is 0 Å². The highest BCUT2D eigenvalue weighted by atomic mass is 19.1. The molecule has 3 nitrogen and oxygen atoms in total. The zero-order valence-corrected chi connectivity index (χ0v) is 12.3. The van der Waals surface area contributed by atoms with Crippen LogP contribution in [0.25, 0.3) is 10.9 Å². The molecule has 112 valence electrons. The molecule has 2 aromatic carbocycles. The maximum Gasteiger partial charge on any atom is 0.253 e. The lowest BCUT2D eigenvalue weighted by atomic mass is 10.1. The van der Waals surface area contributed by atoms with Crippen molar-refractivity contribution in [1.82, 2.24) is 9.88 Å².